The van der Waals surface area contributed by atoms with E-state index in [1.165, 1.54) is 6.07 Å². The Bertz CT molecular complexity index is 576. The van der Waals surface area contributed by atoms with Gasteiger partial charge in [0, 0.05) is 19.0 Å². The molecule has 1 saturated heterocycles. The molecule has 8 heteroatoms. The van der Waals surface area contributed by atoms with E-state index in [1.54, 1.807) is 12.1 Å². The van der Waals surface area contributed by atoms with Crippen LogP contribution in [0.15, 0.2) is 22.7 Å². The Morgan fingerprint density at radius 3 is 2.85 bits per heavy atom. The molecule has 20 heavy (non-hydrogen) atoms. The van der Waals surface area contributed by atoms with E-state index in [9.17, 15) is 19.7 Å². The molecule has 1 heterocycles. The second kappa shape index (κ2) is 6.10. The van der Waals surface area contributed by atoms with E-state index in [0.717, 1.165) is 0 Å². The van der Waals surface area contributed by atoms with Crippen molar-refractivity contribution in [1.29, 1.82) is 0 Å². The van der Waals surface area contributed by atoms with Gasteiger partial charge in [-0.2, -0.15) is 0 Å². The predicted molar refractivity (Wildman–Crippen MR) is 73.8 cm³/mol. The van der Waals surface area contributed by atoms with Crippen LogP contribution < -0.4 is 10.6 Å². The molecule has 7 nitrogen and oxygen atoms in total. The summed E-state index contributed by atoms with van der Waals surface area (Å²) < 4.78 is 0.393. The van der Waals surface area contributed by atoms with E-state index < -0.39 is 11.0 Å². The molecule has 1 aliphatic rings. The number of piperidine rings is 1. The van der Waals surface area contributed by atoms with Gasteiger partial charge in [-0.15, -0.1) is 0 Å². The summed E-state index contributed by atoms with van der Waals surface area (Å²) in [6.07, 6.45) is 0.719. The van der Waals surface area contributed by atoms with Crippen molar-refractivity contribution in [2.75, 3.05) is 0 Å². The first-order valence-corrected chi connectivity index (χ1v) is 6.77. The maximum atomic E-state index is 11.6. The molecule has 2 rings (SSSR count). The number of nitrogens with zero attached hydrogens (tertiary/aromatic N) is 1. The molecule has 0 saturated carbocycles. The molecule has 1 fully saturated rings. The molecule has 1 unspecified atom stereocenters. The topological polar surface area (TPSA) is 101 Å². The van der Waals surface area contributed by atoms with E-state index >= 15 is 0 Å². The molecular weight excluding hydrogens is 330 g/mol. The number of amides is 2. The van der Waals surface area contributed by atoms with Gasteiger partial charge >= 0.3 is 0 Å². The first kappa shape index (κ1) is 14.6. The quantitative estimate of drug-likeness (QED) is 0.487. The lowest BCUT2D eigenvalue weighted by Crippen LogP contribution is -2.50. The maximum Gasteiger partial charge on any atom is 0.283 e. The summed E-state index contributed by atoms with van der Waals surface area (Å²) >= 11 is 3.20. The lowest BCUT2D eigenvalue weighted by atomic mass is 10.1. The van der Waals surface area contributed by atoms with Crippen LogP contribution in [0.5, 0.6) is 0 Å². The van der Waals surface area contributed by atoms with Gasteiger partial charge in [0.1, 0.15) is 0 Å². The molecule has 1 aliphatic heterocycles. The van der Waals surface area contributed by atoms with Gasteiger partial charge in [-0.25, -0.2) is 0 Å². The van der Waals surface area contributed by atoms with Crippen LogP contribution in [-0.4, -0.2) is 22.8 Å². The fourth-order valence-corrected chi connectivity index (χ4v) is 2.51. The molecule has 106 valence electrons. The van der Waals surface area contributed by atoms with Crippen LogP contribution in [0.3, 0.4) is 0 Å². The number of nitro groups is 1. The third-order valence-electron chi connectivity index (χ3n) is 3.03. The van der Waals surface area contributed by atoms with E-state index in [-0.39, 0.29) is 17.5 Å². The SMILES string of the molecule is O=C1CCC(NCc2cccc([N+](=O)[O-])c2Br)C(=O)N1. The zero-order valence-electron chi connectivity index (χ0n) is 10.4. The zero-order chi connectivity index (χ0) is 14.7. The van der Waals surface area contributed by atoms with Crippen molar-refractivity contribution in [2.45, 2.75) is 25.4 Å². The fourth-order valence-electron chi connectivity index (χ4n) is 1.97. The van der Waals surface area contributed by atoms with Crippen LogP contribution in [0.4, 0.5) is 5.69 Å². The van der Waals surface area contributed by atoms with Crippen molar-refractivity contribution in [3.05, 3.63) is 38.3 Å². The number of benzene rings is 1. The first-order valence-electron chi connectivity index (χ1n) is 5.98. The van der Waals surface area contributed by atoms with E-state index in [2.05, 4.69) is 26.6 Å². The summed E-state index contributed by atoms with van der Waals surface area (Å²) in [6, 6.07) is 4.26. The molecule has 2 amide bonds. The number of halogens is 1. The molecule has 0 aliphatic carbocycles. The number of nitro benzene ring substituents is 1. The van der Waals surface area contributed by atoms with E-state index in [0.29, 0.717) is 29.4 Å². The summed E-state index contributed by atoms with van der Waals surface area (Å²) in [6.45, 7) is 0.300. The average Bonchev–Trinajstić information content (AvgIpc) is 2.39. The van der Waals surface area contributed by atoms with Crippen molar-refractivity contribution in [1.82, 2.24) is 10.6 Å². The molecule has 0 spiro atoms. The molecule has 0 bridgehead atoms. The molecule has 1 aromatic carbocycles. The first-order chi connectivity index (χ1) is 9.49. The summed E-state index contributed by atoms with van der Waals surface area (Å²) in [5, 5.41) is 16.1. The molecule has 0 aromatic heterocycles. The zero-order valence-corrected chi connectivity index (χ0v) is 12.0. The molecular formula is C12H12BrN3O4. The van der Waals surface area contributed by atoms with Gasteiger partial charge in [0.25, 0.3) is 5.69 Å². The highest BCUT2D eigenvalue weighted by molar-refractivity contribution is 9.10. The Morgan fingerprint density at radius 1 is 1.45 bits per heavy atom. The smallest absolute Gasteiger partial charge is 0.283 e. The van der Waals surface area contributed by atoms with Crippen LogP contribution >= 0.6 is 15.9 Å². The van der Waals surface area contributed by atoms with Gasteiger partial charge in [-0.05, 0) is 27.9 Å². The van der Waals surface area contributed by atoms with Crippen molar-refractivity contribution < 1.29 is 14.5 Å². The minimum atomic E-state index is -0.473. The predicted octanol–water partition coefficient (Wildman–Crippen LogP) is 1.25. The molecule has 1 atom stereocenters. The maximum absolute atomic E-state index is 11.6. The third-order valence-corrected chi connectivity index (χ3v) is 3.95. The Morgan fingerprint density at radius 2 is 2.20 bits per heavy atom. The number of nitrogens with one attached hydrogen (secondary N) is 2. The van der Waals surface area contributed by atoms with Crippen LogP contribution in [0, 0.1) is 10.1 Å². The average molecular weight is 342 g/mol. The van der Waals surface area contributed by atoms with E-state index in [4.69, 9.17) is 0 Å². The normalized spacial score (nSPS) is 18.8. The Balaban J connectivity index is 2.04. The minimum absolute atomic E-state index is 0.0208. The second-order valence-corrected chi connectivity index (χ2v) is 5.18. The minimum Gasteiger partial charge on any atom is -0.302 e. The number of hydrogen-bond donors (Lipinski definition) is 2. The molecule has 2 N–H and O–H groups in total. The van der Waals surface area contributed by atoms with Gasteiger partial charge in [0.2, 0.25) is 11.8 Å². The largest absolute Gasteiger partial charge is 0.302 e. The lowest BCUT2D eigenvalue weighted by molar-refractivity contribution is -0.385. The molecule has 0 radical (unpaired) electrons. The van der Waals surface area contributed by atoms with Crippen molar-refractivity contribution in [2.24, 2.45) is 0 Å². The summed E-state index contributed by atoms with van der Waals surface area (Å²) in [7, 11) is 0. The third kappa shape index (κ3) is 3.20. The number of imide groups is 1. The van der Waals surface area contributed by atoms with Crippen LogP contribution in [-0.2, 0) is 16.1 Å². The van der Waals surface area contributed by atoms with Crippen LogP contribution in [0.2, 0.25) is 0 Å². The summed E-state index contributed by atoms with van der Waals surface area (Å²) in [5.74, 6) is -0.632. The summed E-state index contributed by atoms with van der Waals surface area (Å²) in [5.41, 5.74) is 0.663. The summed E-state index contributed by atoms with van der Waals surface area (Å²) in [4.78, 5) is 32.9. The molecule has 1 aromatic rings. The van der Waals surface area contributed by atoms with Crippen molar-refractivity contribution in [3.8, 4) is 0 Å². The monoisotopic (exact) mass is 341 g/mol. The van der Waals surface area contributed by atoms with Crippen LogP contribution in [0.1, 0.15) is 18.4 Å². The Hall–Kier alpha value is -1.80. The second-order valence-electron chi connectivity index (χ2n) is 4.39. The standard InChI is InChI=1S/C12H12BrN3O4/c13-11-7(2-1-3-9(11)16(19)20)6-14-8-4-5-10(17)15-12(8)18/h1-3,8,14H,4-6H2,(H,15,17,18). The van der Waals surface area contributed by atoms with Gasteiger partial charge in [-0.3, -0.25) is 25.0 Å². The number of carbonyl (C=O) groups excluding carboxylic acids is 2. The number of carbonyl (C=O) groups is 2. The van der Waals surface area contributed by atoms with Crippen LogP contribution in [0.25, 0.3) is 0 Å². The fraction of sp³-hybridized carbons (Fsp3) is 0.333. The van der Waals surface area contributed by atoms with Gasteiger partial charge < -0.3 is 5.32 Å². The highest BCUT2D eigenvalue weighted by atomic mass is 79.9. The highest BCUT2D eigenvalue weighted by Crippen LogP contribution is 2.28. The lowest BCUT2D eigenvalue weighted by Gasteiger charge is -2.22. The van der Waals surface area contributed by atoms with Crippen molar-refractivity contribution in [3.63, 3.8) is 0 Å². The number of hydrogen-bond acceptors (Lipinski definition) is 5. The Kier molecular flexibility index (Phi) is 4.46. The van der Waals surface area contributed by atoms with Gasteiger partial charge in [-0.1, -0.05) is 12.1 Å². The Labute approximate surface area is 123 Å². The van der Waals surface area contributed by atoms with Gasteiger partial charge in [0.05, 0.1) is 15.4 Å². The van der Waals surface area contributed by atoms with Gasteiger partial charge in [0.15, 0.2) is 0 Å². The highest BCUT2D eigenvalue weighted by Gasteiger charge is 2.26. The van der Waals surface area contributed by atoms with Crippen molar-refractivity contribution >= 4 is 33.4 Å². The van der Waals surface area contributed by atoms with E-state index in [1.807, 2.05) is 0 Å². The number of rotatable bonds is 4.